The predicted molar refractivity (Wildman–Crippen MR) is 164 cm³/mol. The summed E-state index contributed by atoms with van der Waals surface area (Å²) in [5, 5.41) is 15.7. The Bertz CT molecular complexity index is 804. The number of aliphatic carboxylic acids is 1. The summed E-state index contributed by atoms with van der Waals surface area (Å²) >= 11 is 0. The number of nitrogens with one attached hydrogen (secondary N) is 2. The molecule has 3 N–H and O–H groups in total. The standard InChI is InChI=1S/C33H62N2O6/c1-10-12-13-14-15-16-17-18-19-20-21-24(31(3,4)5)29(38)34-25(11-2)26(22-27(36)37)35-30(39)28-32(6,7)23-40-33(8,9)41-28/h24-26,28H,10-23H2,1-9H3,(H,34,38)(H,35,39)(H,36,37). The summed E-state index contributed by atoms with van der Waals surface area (Å²) in [6.07, 6.45) is 12.6. The van der Waals surface area contributed by atoms with Gasteiger partial charge in [-0.3, -0.25) is 14.4 Å². The molecule has 0 aromatic heterocycles. The van der Waals surface area contributed by atoms with Crippen LogP contribution in [0.1, 0.15) is 146 Å². The molecule has 0 bridgehead atoms. The average molecular weight is 583 g/mol. The zero-order chi connectivity index (χ0) is 31.3. The molecule has 4 atom stereocenters. The summed E-state index contributed by atoms with van der Waals surface area (Å²) in [5.74, 6) is -2.62. The number of carbonyl (C=O) groups is 3. The highest BCUT2D eigenvalue weighted by molar-refractivity contribution is 5.83. The van der Waals surface area contributed by atoms with E-state index in [-0.39, 0.29) is 29.6 Å². The molecule has 1 saturated heterocycles. The molecular weight excluding hydrogens is 520 g/mol. The van der Waals surface area contributed by atoms with Gasteiger partial charge >= 0.3 is 5.97 Å². The van der Waals surface area contributed by atoms with Gasteiger partial charge in [-0.25, -0.2) is 0 Å². The van der Waals surface area contributed by atoms with Gasteiger partial charge in [0.15, 0.2) is 5.79 Å². The van der Waals surface area contributed by atoms with Crippen molar-refractivity contribution < 1.29 is 29.0 Å². The number of carboxylic acid groups (broad SMARTS) is 1. The van der Waals surface area contributed by atoms with Crippen molar-refractivity contribution in [3.05, 3.63) is 0 Å². The Morgan fingerprint density at radius 3 is 1.88 bits per heavy atom. The van der Waals surface area contributed by atoms with Gasteiger partial charge < -0.3 is 25.2 Å². The van der Waals surface area contributed by atoms with Crippen LogP contribution >= 0.6 is 0 Å². The summed E-state index contributed by atoms with van der Waals surface area (Å²) in [6.45, 7) is 18.0. The summed E-state index contributed by atoms with van der Waals surface area (Å²) in [7, 11) is 0. The van der Waals surface area contributed by atoms with Gasteiger partial charge in [-0.05, 0) is 32.1 Å². The second kappa shape index (κ2) is 17.4. The van der Waals surface area contributed by atoms with Gasteiger partial charge in [-0.1, -0.05) is 113 Å². The Labute approximate surface area is 250 Å². The number of rotatable bonds is 19. The second-order valence-corrected chi connectivity index (χ2v) is 14.3. The van der Waals surface area contributed by atoms with Gasteiger partial charge in [0, 0.05) is 17.4 Å². The van der Waals surface area contributed by atoms with E-state index in [0.717, 1.165) is 19.3 Å². The first-order valence-corrected chi connectivity index (χ1v) is 16.2. The minimum Gasteiger partial charge on any atom is -0.481 e. The monoisotopic (exact) mass is 582 g/mol. The van der Waals surface area contributed by atoms with Crippen molar-refractivity contribution in [1.82, 2.24) is 10.6 Å². The average Bonchev–Trinajstić information content (AvgIpc) is 2.85. The largest absolute Gasteiger partial charge is 0.481 e. The van der Waals surface area contributed by atoms with Crippen molar-refractivity contribution in [1.29, 1.82) is 0 Å². The van der Waals surface area contributed by atoms with Gasteiger partial charge in [0.25, 0.3) is 0 Å². The minimum atomic E-state index is -1.03. The SMILES string of the molecule is CCCCCCCCCCCCC(C(=O)NC(CC)C(CC(=O)O)NC(=O)C1OC(C)(C)OCC1(C)C)C(C)(C)C. The molecule has 8 heteroatoms. The molecule has 2 amide bonds. The van der Waals surface area contributed by atoms with Crippen LogP contribution in [-0.4, -0.2) is 53.5 Å². The lowest BCUT2D eigenvalue weighted by Gasteiger charge is -2.45. The molecule has 0 radical (unpaired) electrons. The van der Waals surface area contributed by atoms with E-state index in [1.165, 1.54) is 51.4 Å². The third-order valence-electron chi connectivity index (χ3n) is 8.32. The number of amides is 2. The molecule has 240 valence electrons. The number of carboxylic acids is 1. The third kappa shape index (κ3) is 13.9. The van der Waals surface area contributed by atoms with Crippen LogP contribution in [0.5, 0.6) is 0 Å². The van der Waals surface area contributed by atoms with Crippen molar-refractivity contribution in [2.45, 2.75) is 170 Å². The van der Waals surface area contributed by atoms with Crippen LogP contribution in [0.15, 0.2) is 0 Å². The maximum absolute atomic E-state index is 13.6. The van der Waals surface area contributed by atoms with Crippen molar-refractivity contribution in [2.75, 3.05) is 6.61 Å². The van der Waals surface area contributed by atoms with Gasteiger partial charge in [0.05, 0.1) is 19.1 Å². The first kappa shape index (κ1) is 37.4. The molecule has 0 aromatic carbocycles. The highest BCUT2D eigenvalue weighted by atomic mass is 16.7. The molecule has 1 aliphatic rings. The molecule has 0 saturated carbocycles. The lowest BCUT2D eigenvalue weighted by Crippen LogP contribution is -2.61. The molecule has 4 unspecified atom stereocenters. The third-order valence-corrected chi connectivity index (χ3v) is 8.32. The molecule has 1 fully saturated rings. The van der Waals surface area contributed by atoms with Crippen molar-refractivity contribution >= 4 is 17.8 Å². The highest BCUT2D eigenvalue weighted by Gasteiger charge is 2.46. The lowest BCUT2D eigenvalue weighted by atomic mass is 9.77. The lowest BCUT2D eigenvalue weighted by molar-refractivity contribution is -0.304. The predicted octanol–water partition coefficient (Wildman–Crippen LogP) is 6.99. The van der Waals surface area contributed by atoms with E-state index >= 15 is 0 Å². The Kier molecular flexibility index (Phi) is 15.9. The molecule has 41 heavy (non-hydrogen) atoms. The fourth-order valence-corrected chi connectivity index (χ4v) is 5.63. The summed E-state index contributed by atoms with van der Waals surface area (Å²) in [6, 6.07) is -1.28. The minimum absolute atomic E-state index is 0.0753. The van der Waals surface area contributed by atoms with E-state index in [1.807, 2.05) is 20.8 Å². The Hall–Kier alpha value is -1.67. The van der Waals surface area contributed by atoms with E-state index < -0.39 is 35.4 Å². The zero-order valence-corrected chi connectivity index (χ0v) is 27.7. The molecule has 0 spiro atoms. The normalized spacial score (nSPS) is 20.6. The van der Waals surface area contributed by atoms with Crippen LogP contribution in [0.2, 0.25) is 0 Å². The number of hydrogen-bond acceptors (Lipinski definition) is 5. The molecule has 8 nitrogen and oxygen atoms in total. The van der Waals surface area contributed by atoms with E-state index in [9.17, 15) is 19.5 Å². The van der Waals surface area contributed by atoms with Gasteiger partial charge in [-0.15, -0.1) is 0 Å². The summed E-state index contributed by atoms with van der Waals surface area (Å²) in [4.78, 5) is 38.8. The van der Waals surface area contributed by atoms with Gasteiger partial charge in [0.2, 0.25) is 11.8 Å². The summed E-state index contributed by atoms with van der Waals surface area (Å²) in [5.41, 5.74) is -0.830. The van der Waals surface area contributed by atoms with E-state index in [4.69, 9.17) is 9.47 Å². The van der Waals surface area contributed by atoms with Crippen LogP contribution in [0, 0.1) is 16.7 Å². The molecule has 1 rings (SSSR count). The Balaban J connectivity index is 2.80. The Morgan fingerprint density at radius 1 is 0.854 bits per heavy atom. The van der Waals surface area contributed by atoms with Crippen molar-refractivity contribution in [3.63, 3.8) is 0 Å². The topological polar surface area (TPSA) is 114 Å². The Morgan fingerprint density at radius 2 is 1.39 bits per heavy atom. The van der Waals surface area contributed by atoms with Crippen LogP contribution in [0.25, 0.3) is 0 Å². The fourth-order valence-electron chi connectivity index (χ4n) is 5.63. The number of ether oxygens (including phenoxy) is 2. The van der Waals surface area contributed by atoms with E-state index in [2.05, 4.69) is 38.3 Å². The first-order valence-electron chi connectivity index (χ1n) is 16.2. The fraction of sp³-hybridized carbons (Fsp3) is 0.909. The van der Waals surface area contributed by atoms with Gasteiger partial charge in [0.1, 0.15) is 6.10 Å². The van der Waals surface area contributed by atoms with E-state index in [0.29, 0.717) is 13.0 Å². The molecule has 1 aliphatic heterocycles. The maximum atomic E-state index is 13.6. The molecular formula is C33H62N2O6. The molecule has 0 aliphatic carbocycles. The van der Waals surface area contributed by atoms with Gasteiger partial charge in [-0.2, -0.15) is 0 Å². The van der Waals surface area contributed by atoms with Crippen LogP contribution in [0.3, 0.4) is 0 Å². The van der Waals surface area contributed by atoms with Crippen LogP contribution in [0.4, 0.5) is 0 Å². The molecule has 1 heterocycles. The highest BCUT2D eigenvalue weighted by Crippen LogP contribution is 2.35. The van der Waals surface area contributed by atoms with Crippen molar-refractivity contribution in [3.8, 4) is 0 Å². The zero-order valence-electron chi connectivity index (χ0n) is 27.7. The van der Waals surface area contributed by atoms with E-state index in [1.54, 1.807) is 13.8 Å². The number of carbonyl (C=O) groups excluding carboxylic acids is 2. The maximum Gasteiger partial charge on any atom is 0.305 e. The first-order chi connectivity index (χ1) is 19.0. The van der Waals surface area contributed by atoms with Crippen molar-refractivity contribution in [2.24, 2.45) is 16.7 Å². The molecule has 0 aromatic rings. The van der Waals surface area contributed by atoms with Crippen LogP contribution in [-0.2, 0) is 23.9 Å². The number of hydrogen-bond donors (Lipinski definition) is 3. The quantitative estimate of drug-likeness (QED) is 0.141. The second-order valence-electron chi connectivity index (χ2n) is 14.3. The van der Waals surface area contributed by atoms with Crippen LogP contribution < -0.4 is 10.6 Å². The smallest absolute Gasteiger partial charge is 0.305 e. The number of unbranched alkanes of at least 4 members (excludes halogenated alkanes) is 9. The summed E-state index contributed by atoms with van der Waals surface area (Å²) < 4.78 is 11.7.